The zero-order valence-electron chi connectivity index (χ0n) is 12.7. The van der Waals surface area contributed by atoms with Gasteiger partial charge in [-0.15, -0.1) is 10.2 Å². The van der Waals surface area contributed by atoms with Gasteiger partial charge in [0.1, 0.15) is 0 Å². The molecule has 1 aromatic carbocycles. The molecule has 23 heavy (non-hydrogen) atoms. The zero-order chi connectivity index (χ0) is 16.1. The van der Waals surface area contributed by atoms with Gasteiger partial charge in [0, 0.05) is 25.3 Å². The Labute approximate surface area is 144 Å². The summed E-state index contributed by atoms with van der Waals surface area (Å²) in [5.41, 5.74) is 0.720. The maximum atomic E-state index is 12.1. The summed E-state index contributed by atoms with van der Waals surface area (Å²) >= 11 is 7.52. The van der Waals surface area contributed by atoms with Crippen molar-refractivity contribution in [3.63, 3.8) is 0 Å². The number of halogens is 1. The van der Waals surface area contributed by atoms with Crippen molar-refractivity contribution >= 4 is 29.3 Å². The molecule has 0 spiro atoms. The van der Waals surface area contributed by atoms with Crippen LogP contribution in [0.1, 0.15) is 25.7 Å². The number of piperidine rings is 1. The molecule has 0 bridgehead atoms. The smallest absolute Gasteiger partial charge is 0.276 e. The third-order valence-corrected chi connectivity index (χ3v) is 4.91. The number of rotatable bonds is 5. The standard InChI is InChI=1S/C16H18ClN3O2S/c17-13-7-3-2-6-12(13)15-18-19-16(22-15)23-11-8-14(21)20-9-4-1-5-10-20/h2-3,6-7H,1,4-5,8-11H2. The minimum Gasteiger partial charge on any atom is -0.411 e. The lowest BCUT2D eigenvalue weighted by Crippen LogP contribution is -2.35. The van der Waals surface area contributed by atoms with Crippen molar-refractivity contribution in [2.24, 2.45) is 0 Å². The molecule has 0 unspecified atom stereocenters. The van der Waals surface area contributed by atoms with Gasteiger partial charge in [-0.2, -0.15) is 0 Å². The molecule has 1 aromatic heterocycles. The maximum absolute atomic E-state index is 12.1. The van der Waals surface area contributed by atoms with Crippen LogP contribution in [0, 0.1) is 0 Å². The molecule has 122 valence electrons. The Morgan fingerprint density at radius 2 is 2.00 bits per heavy atom. The molecular formula is C16H18ClN3O2S. The van der Waals surface area contributed by atoms with Crippen LogP contribution in [0.3, 0.4) is 0 Å². The van der Waals surface area contributed by atoms with Crippen LogP contribution in [-0.2, 0) is 4.79 Å². The highest BCUT2D eigenvalue weighted by atomic mass is 35.5. The number of benzene rings is 1. The quantitative estimate of drug-likeness (QED) is 0.765. The Kier molecular flexibility index (Phi) is 5.56. The van der Waals surface area contributed by atoms with Gasteiger partial charge in [-0.3, -0.25) is 4.79 Å². The van der Waals surface area contributed by atoms with E-state index in [4.69, 9.17) is 16.0 Å². The van der Waals surface area contributed by atoms with Gasteiger partial charge in [-0.1, -0.05) is 35.5 Å². The van der Waals surface area contributed by atoms with Crippen LogP contribution in [0.2, 0.25) is 5.02 Å². The normalized spacial score (nSPS) is 14.9. The molecule has 1 amide bonds. The molecule has 0 saturated carbocycles. The Bertz CT molecular complexity index is 671. The van der Waals surface area contributed by atoms with E-state index in [-0.39, 0.29) is 5.91 Å². The zero-order valence-corrected chi connectivity index (χ0v) is 14.3. The fraction of sp³-hybridized carbons (Fsp3) is 0.438. The summed E-state index contributed by atoms with van der Waals surface area (Å²) in [6.45, 7) is 1.78. The summed E-state index contributed by atoms with van der Waals surface area (Å²) < 4.78 is 5.61. The Hall–Kier alpha value is -1.53. The first-order valence-electron chi connectivity index (χ1n) is 7.73. The number of nitrogens with zero attached hydrogens (tertiary/aromatic N) is 3. The van der Waals surface area contributed by atoms with Crippen molar-refractivity contribution in [1.29, 1.82) is 0 Å². The van der Waals surface area contributed by atoms with Crippen LogP contribution in [0.4, 0.5) is 0 Å². The van der Waals surface area contributed by atoms with Gasteiger partial charge < -0.3 is 9.32 Å². The molecule has 1 aliphatic rings. The molecule has 0 aliphatic carbocycles. The Morgan fingerprint density at radius 1 is 1.22 bits per heavy atom. The largest absolute Gasteiger partial charge is 0.411 e. The summed E-state index contributed by atoms with van der Waals surface area (Å²) in [7, 11) is 0. The molecule has 2 heterocycles. The molecule has 0 radical (unpaired) electrons. The molecule has 0 atom stereocenters. The van der Waals surface area contributed by atoms with E-state index in [1.807, 2.05) is 23.1 Å². The Balaban J connectivity index is 1.51. The number of amides is 1. The summed E-state index contributed by atoms with van der Waals surface area (Å²) in [5, 5.41) is 9.06. The molecule has 2 aromatic rings. The lowest BCUT2D eigenvalue weighted by molar-refractivity contribution is -0.131. The van der Waals surface area contributed by atoms with E-state index in [0.29, 0.717) is 28.3 Å². The summed E-state index contributed by atoms with van der Waals surface area (Å²) in [6, 6.07) is 7.34. The summed E-state index contributed by atoms with van der Waals surface area (Å²) in [5.74, 6) is 1.25. The van der Waals surface area contributed by atoms with Crippen molar-refractivity contribution in [1.82, 2.24) is 15.1 Å². The molecule has 1 saturated heterocycles. The molecule has 1 fully saturated rings. The van der Waals surface area contributed by atoms with Crippen molar-refractivity contribution in [3.05, 3.63) is 29.3 Å². The monoisotopic (exact) mass is 351 g/mol. The van der Waals surface area contributed by atoms with Crippen molar-refractivity contribution < 1.29 is 9.21 Å². The van der Waals surface area contributed by atoms with E-state index in [9.17, 15) is 4.79 Å². The molecule has 1 aliphatic heterocycles. The van der Waals surface area contributed by atoms with Gasteiger partial charge in [0.25, 0.3) is 5.22 Å². The third-order valence-electron chi connectivity index (χ3n) is 3.76. The second kappa shape index (κ2) is 7.84. The number of aromatic nitrogens is 2. The number of thioether (sulfide) groups is 1. The molecule has 0 N–H and O–H groups in total. The first kappa shape index (κ1) is 16.3. The van der Waals surface area contributed by atoms with Gasteiger partial charge >= 0.3 is 0 Å². The van der Waals surface area contributed by atoms with Gasteiger partial charge in [-0.05, 0) is 31.4 Å². The van der Waals surface area contributed by atoms with Crippen molar-refractivity contribution in [3.8, 4) is 11.5 Å². The van der Waals surface area contributed by atoms with E-state index >= 15 is 0 Å². The highest BCUT2D eigenvalue weighted by molar-refractivity contribution is 7.99. The minimum atomic E-state index is 0.211. The highest BCUT2D eigenvalue weighted by Crippen LogP contribution is 2.28. The topological polar surface area (TPSA) is 59.2 Å². The predicted octanol–water partition coefficient (Wildman–Crippen LogP) is 3.88. The van der Waals surface area contributed by atoms with E-state index in [1.165, 1.54) is 18.2 Å². The summed E-state index contributed by atoms with van der Waals surface area (Å²) in [4.78, 5) is 14.0. The van der Waals surface area contributed by atoms with Crippen LogP contribution in [0.5, 0.6) is 0 Å². The minimum absolute atomic E-state index is 0.211. The number of hydrogen-bond donors (Lipinski definition) is 0. The van der Waals surface area contributed by atoms with Crippen LogP contribution in [0.15, 0.2) is 33.9 Å². The SMILES string of the molecule is O=C(CCSc1nnc(-c2ccccc2Cl)o1)N1CCCCC1. The van der Waals surface area contributed by atoms with E-state index in [1.54, 1.807) is 6.07 Å². The first-order chi connectivity index (χ1) is 11.2. The van der Waals surface area contributed by atoms with Crippen LogP contribution >= 0.6 is 23.4 Å². The lowest BCUT2D eigenvalue weighted by atomic mass is 10.1. The van der Waals surface area contributed by atoms with Gasteiger partial charge in [0.2, 0.25) is 11.8 Å². The van der Waals surface area contributed by atoms with Crippen LogP contribution in [0.25, 0.3) is 11.5 Å². The number of hydrogen-bond acceptors (Lipinski definition) is 5. The van der Waals surface area contributed by atoms with E-state index in [0.717, 1.165) is 31.5 Å². The Morgan fingerprint density at radius 3 is 2.78 bits per heavy atom. The predicted molar refractivity (Wildman–Crippen MR) is 90.5 cm³/mol. The second-order valence-electron chi connectivity index (χ2n) is 5.39. The van der Waals surface area contributed by atoms with Crippen molar-refractivity contribution in [2.45, 2.75) is 30.9 Å². The highest BCUT2D eigenvalue weighted by Gasteiger charge is 2.17. The fourth-order valence-electron chi connectivity index (χ4n) is 2.54. The lowest BCUT2D eigenvalue weighted by Gasteiger charge is -2.26. The molecule has 7 heteroatoms. The average molecular weight is 352 g/mol. The molecule has 3 rings (SSSR count). The average Bonchev–Trinajstić information content (AvgIpc) is 3.04. The third kappa shape index (κ3) is 4.26. The molecule has 5 nitrogen and oxygen atoms in total. The van der Waals surface area contributed by atoms with Gasteiger partial charge in [-0.25, -0.2) is 0 Å². The van der Waals surface area contributed by atoms with E-state index < -0.39 is 0 Å². The first-order valence-corrected chi connectivity index (χ1v) is 9.09. The van der Waals surface area contributed by atoms with Gasteiger partial charge in [0.05, 0.1) is 10.6 Å². The maximum Gasteiger partial charge on any atom is 0.276 e. The van der Waals surface area contributed by atoms with Gasteiger partial charge in [0.15, 0.2) is 0 Å². The summed E-state index contributed by atoms with van der Waals surface area (Å²) in [6.07, 6.45) is 3.95. The number of likely N-dealkylation sites (tertiary alicyclic amines) is 1. The number of carbonyl (C=O) groups excluding carboxylic acids is 1. The van der Waals surface area contributed by atoms with Crippen LogP contribution in [-0.4, -0.2) is 39.8 Å². The van der Waals surface area contributed by atoms with Crippen molar-refractivity contribution in [2.75, 3.05) is 18.8 Å². The van der Waals surface area contributed by atoms with E-state index in [2.05, 4.69) is 10.2 Å². The number of carbonyl (C=O) groups is 1. The fourth-order valence-corrected chi connectivity index (χ4v) is 3.44. The second-order valence-corrected chi connectivity index (χ2v) is 6.85. The molecular weight excluding hydrogens is 334 g/mol. The van der Waals surface area contributed by atoms with Crippen LogP contribution < -0.4 is 0 Å².